The maximum absolute atomic E-state index is 12.3. The highest BCUT2D eigenvalue weighted by molar-refractivity contribution is 7.98. The van der Waals surface area contributed by atoms with E-state index in [1.54, 1.807) is 43.0 Å². The highest BCUT2D eigenvalue weighted by atomic mass is 32.2. The molecular formula is C18H20N2O3S. The molecule has 0 saturated carbocycles. The van der Waals surface area contributed by atoms with Crippen molar-refractivity contribution < 1.29 is 14.3 Å². The second-order valence-corrected chi connectivity index (χ2v) is 5.97. The van der Waals surface area contributed by atoms with Gasteiger partial charge in [-0.1, -0.05) is 12.1 Å². The van der Waals surface area contributed by atoms with E-state index in [0.29, 0.717) is 5.56 Å². The van der Waals surface area contributed by atoms with Crippen LogP contribution in [0.4, 0.5) is 11.4 Å². The van der Waals surface area contributed by atoms with Crippen molar-refractivity contribution in [3.63, 3.8) is 0 Å². The van der Waals surface area contributed by atoms with Crippen molar-refractivity contribution in [1.82, 2.24) is 0 Å². The predicted molar refractivity (Wildman–Crippen MR) is 97.7 cm³/mol. The molecule has 6 heteroatoms. The largest absolute Gasteiger partial charge is 0.465 e. The number of amides is 1. The van der Waals surface area contributed by atoms with E-state index in [1.807, 2.05) is 30.5 Å². The normalized spacial score (nSPS) is 11.5. The Bertz CT molecular complexity index is 716. The van der Waals surface area contributed by atoms with Gasteiger partial charge in [0.1, 0.15) is 6.04 Å². The quantitative estimate of drug-likeness (QED) is 0.619. The fourth-order valence-electron chi connectivity index (χ4n) is 2.12. The minimum absolute atomic E-state index is 0.131. The first-order valence-electron chi connectivity index (χ1n) is 7.44. The Labute approximate surface area is 145 Å². The minimum atomic E-state index is -0.427. The summed E-state index contributed by atoms with van der Waals surface area (Å²) in [5, 5.41) is 6.04. The van der Waals surface area contributed by atoms with Crippen molar-refractivity contribution in [1.29, 1.82) is 0 Å². The van der Waals surface area contributed by atoms with Gasteiger partial charge < -0.3 is 15.4 Å². The molecule has 0 aliphatic rings. The fraction of sp³-hybridized carbons (Fsp3) is 0.222. The molecule has 0 bridgehead atoms. The minimum Gasteiger partial charge on any atom is -0.465 e. The summed E-state index contributed by atoms with van der Waals surface area (Å²) in [5.41, 5.74) is 2.02. The van der Waals surface area contributed by atoms with Crippen LogP contribution in [0.1, 0.15) is 17.3 Å². The first-order valence-corrected chi connectivity index (χ1v) is 8.66. The SMILES string of the molecule is COC(=O)c1ccc(N[C@H](C)C(=O)Nc2ccccc2SC)cc1. The van der Waals surface area contributed by atoms with Crippen molar-refractivity contribution in [3.05, 3.63) is 54.1 Å². The van der Waals surface area contributed by atoms with Crippen LogP contribution in [0.25, 0.3) is 0 Å². The van der Waals surface area contributed by atoms with Gasteiger partial charge in [-0.15, -0.1) is 11.8 Å². The van der Waals surface area contributed by atoms with Gasteiger partial charge in [0.2, 0.25) is 5.91 Å². The van der Waals surface area contributed by atoms with E-state index in [0.717, 1.165) is 16.3 Å². The molecule has 0 unspecified atom stereocenters. The molecule has 24 heavy (non-hydrogen) atoms. The topological polar surface area (TPSA) is 67.4 Å². The first-order chi connectivity index (χ1) is 11.5. The summed E-state index contributed by atoms with van der Waals surface area (Å²) in [6.07, 6.45) is 1.97. The molecule has 0 heterocycles. The number of thioether (sulfide) groups is 1. The number of benzene rings is 2. The lowest BCUT2D eigenvalue weighted by Gasteiger charge is -2.16. The number of nitrogens with one attached hydrogen (secondary N) is 2. The highest BCUT2D eigenvalue weighted by Gasteiger charge is 2.14. The average Bonchev–Trinajstić information content (AvgIpc) is 2.62. The molecule has 0 spiro atoms. The van der Waals surface area contributed by atoms with Crippen LogP contribution in [0.2, 0.25) is 0 Å². The number of carbonyl (C=O) groups is 2. The van der Waals surface area contributed by atoms with Gasteiger partial charge in [0.05, 0.1) is 18.4 Å². The number of rotatable bonds is 6. The number of para-hydroxylation sites is 1. The summed E-state index contributed by atoms with van der Waals surface area (Å²) in [5.74, 6) is -0.519. The van der Waals surface area contributed by atoms with E-state index in [9.17, 15) is 9.59 Å². The number of ether oxygens (including phenoxy) is 1. The Kier molecular flexibility index (Phi) is 6.26. The van der Waals surface area contributed by atoms with E-state index in [4.69, 9.17) is 0 Å². The molecule has 2 aromatic carbocycles. The molecule has 1 atom stereocenters. The van der Waals surface area contributed by atoms with Gasteiger partial charge in [0.25, 0.3) is 0 Å². The third kappa shape index (κ3) is 4.52. The standard InChI is InChI=1S/C18H20N2O3S/c1-12(17(21)20-15-6-4-5-7-16(15)24-3)19-14-10-8-13(9-11-14)18(22)23-2/h4-12,19H,1-3H3,(H,20,21)/t12-/m1/s1. The van der Waals surface area contributed by atoms with E-state index in [2.05, 4.69) is 15.4 Å². The van der Waals surface area contributed by atoms with Crippen molar-refractivity contribution in [2.45, 2.75) is 17.9 Å². The average molecular weight is 344 g/mol. The van der Waals surface area contributed by atoms with E-state index in [1.165, 1.54) is 7.11 Å². The van der Waals surface area contributed by atoms with Gasteiger partial charge in [-0.3, -0.25) is 4.79 Å². The lowest BCUT2D eigenvalue weighted by atomic mass is 10.2. The molecule has 5 nitrogen and oxygen atoms in total. The molecule has 0 radical (unpaired) electrons. The molecule has 2 rings (SSSR count). The van der Waals surface area contributed by atoms with Gasteiger partial charge in [0, 0.05) is 10.6 Å². The highest BCUT2D eigenvalue weighted by Crippen LogP contribution is 2.24. The Morgan fingerprint density at radius 1 is 1.08 bits per heavy atom. The van der Waals surface area contributed by atoms with Crippen LogP contribution in [0, 0.1) is 0 Å². The van der Waals surface area contributed by atoms with Gasteiger partial charge in [0.15, 0.2) is 0 Å². The number of hydrogen-bond acceptors (Lipinski definition) is 5. The van der Waals surface area contributed by atoms with Crippen LogP contribution in [-0.4, -0.2) is 31.3 Å². The third-order valence-electron chi connectivity index (χ3n) is 3.45. The Hall–Kier alpha value is -2.47. The van der Waals surface area contributed by atoms with Gasteiger partial charge in [-0.2, -0.15) is 0 Å². The molecule has 0 fully saturated rings. The number of carbonyl (C=O) groups excluding carboxylic acids is 2. The van der Waals surface area contributed by atoms with Crippen LogP contribution in [0.15, 0.2) is 53.4 Å². The monoisotopic (exact) mass is 344 g/mol. The lowest BCUT2D eigenvalue weighted by Crippen LogP contribution is -2.32. The Balaban J connectivity index is 2.00. The van der Waals surface area contributed by atoms with Crippen LogP contribution in [0.5, 0.6) is 0 Å². The second kappa shape index (κ2) is 8.40. The van der Waals surface area contributed by atoms with Crippen LogP contribution in [0.3, 0.4) is 0 Å². The molecule has 2 aromatic rings. The van der Waals surface area contributed by atoms with Crippen molar-refractivity contribution >= 4 is 35.0 Å². The van der Waals surface area contributed by atoms with Crippen molar-refractivity contribution in [2.24, 2.45) is 0 Å². The van der Waals surface area contributed by atoms with Crippen LogP contribution >= 0.6 is 11.8 Å². The van der Waals surface area contributed by atoms with Gasteiger partial charge in [-0.05, 0) is 49.6 Å². The predicted octanol–water partition coefficient (Wildman–Crippen LogP) is 3.63. The number of methoxy groups -OCH3 is 1. The van der Waals surface area contributed by atoms with Gasteiger partial charge in [-0.25, -0.2) is 4.79 Å². The lowest BCUT2D eigenvalue weighted by molar-refractivity contribution is -0.116. The summed E-state index contributed by atoms with van der Waals surface area (Å²) in [4.78, 5) is 24.8. The molecule has 0 aliphatic carbocycles. The van der Waals surface area contributed by atoms with E-state index in [-0.39, 0.29) is 11.9 Å². The molecule has 0 aliphatic heterocycles. The zero-order valence-corrected chi connectivity index (χ0v) is 14.6. The zero-order chi connectivity index (χ0) is 17.5. The Morgan fingerprint density at radius 2 is 1.75 bits per heavy atom. The summed E-state index contributed by atoms with van der Waals surface area (Å²) < 4.78 is 4.66. The molecule has 126 valence electrons. The van der Waals surface area contributed by atoms with E-state index < -0.39 is 6.04 Å². The molecule has 0 aromatic heterocycles. The molecule has 2 N–H and O–H groups in total. The van der Waals surface area contributed by atoms with Crippen LogP contribution in [-0.2, 0) is 9.53 Å². The number of esters is 1. The molecular weight excluding hydrogens is 324 g/mol. The summed E-state index contributed by atoms with van der Waals surface area (Å²) in [6.45, 7) is 1.78. The summed E-state index contributed by atoms with van der Waals surface area (Å²) >= 11 is 1.58. The maximum Gasteiger partial charge on any atom is 0.337 e. The fourth-order valence-corrected chi connectivity index (χ4v) is 2.68. The third-order valence-corrected chi connectivity index (χ3v) is 4.24. The smallest absolute Gasteiger partial charge is 0.337 e. The van der Waals surface area contributed by atoms with Crippen LogP contribution < -0.4 is 10.6 Å². The number of anilines is 2. The second-order valence-electron chi connectivity index (χ2n) is 5.12. The zero-order valence-electron chi connectivity index (χ0n) is 13.8. The summed E-state index contributed by atoms with van der Waals surface area (Å²) in [7, 11) is 1.34. The maximum atomic E-state index is 12.3. The van der Waals surface area contributed by atoms with Crippen molar-refractivity contribution in [2.75, 3.05) is 24.0 Å². The molecule has 0 saturated heterocycles. The van der Waals surface area contributed by atoms with E-state index >= 15 is 0 Å². The molecule has 1 amide bonds. The Morgan fingerprint density at radius 3 is 2.38 bits per heavy atom. The van der Waals surface area contributed by atoms with Crippen molar-refractivity contribution in [3.8, 4) is 0 Å². The number of hydrogen-bond donors (Lipinski definition) is 2. The van der Waals surface area contributed by atoms with Gasteiger partial charge >= 0.3 is 5.97 Å². The summed E-state index contributed by atoms with van der Waals surface area (Å²) in [6, 6.07) is 14.0. The first kappa shape index (κ1) is 17.9.